The number of allylic oxidation sites excluding steroid dienone is 1. The highest BCUT2D eigenvalue weighted by molar-refractivity contribution is 6.30. The molecule has 1 rings (SSSR count). The quantitative estimate of drug-likeness (QED) is 0.815. The molecule has 0 unspecified atom stereocenters. The minimum absolute atomic E-state index is 0.170. The first kappa shape index (κ1) is 13.3. The molecule has 3 nitrogen and oxygen atoms in total. The first-order chi connectivity index (χ1) is 8.17. The van der Waals surface area contributed by atoms with Crippen LogP contribution in [0.3, 0.4) is 0 Å². The van der Waals surface area contributed by atoms with E-state index in [-0.39, 0.29) is 5.91 Å². The minimum atomic E-state index is -0.661. The molecule has 1 atom stereocenters. The molecule has 1 aromatic carbocycles. The van der Waals surface area contributed by atoms with E-state index in [1.54, 1.807) is 30.3 Å². The summed E-state index contributed by atoms with van der Waals surface area (Å²) in [7, 11) is 0. The summed E-state index contributed by atoms with van der Waals surface area (Å²) in [6.07, 6.45) is 2.60. The smallest absolute Gasteiger partial charge is 0.221 e. The molecular formula is C13H13ClN2O. The van der Waals surface area contributed by atoms with E-state index < -0.39 is 6.04 Å². The molecule has 1 amide bonds. The van der Waals surface area contributed by atoms with Gasteiger partial charge in [0.2, 0.25) is 5.91 Å². The molecule has 0 saturated heterocycles. The summed E-state index contributed by atoms with van der Waals surface area (Å²) >= 11 is 5.83. The summed E-state index contributed by atoms with van der Waals surface area (Å²) in [5.74, 6) is -0.170. The Morgan fingerprint density at radius 3 is 3.00 bits per heavy atom. The lowest BCUT2D eigenvalue weighted by Crippen LogP contribution is -2.27. The van der Waals surface area contributed by atoms with Crippen molar-refractivity contribution in [1.29, 1.82) is 5.26 Å². The highest BCUT2D eigenvalue weighted by atomic mass is 35.5. The molecule has 0 aliphatic rings. The van der Waals surface area contributed by atoms with Gasteiger partial charge in [-0.3, -0.25) is 4.79 Å². The second-order valence-corrected chi connectivity index (χ2v) is 3.95. The Morgan fingerprint density at radius 1 is 1.65 bits per heavy atom. The van der Waals surface area contributed by atoms with Crippen molar-refractivity contribution >= 4 is 17.5 Å². The van der Waals surface area contributed by atoms with Crippen LogP contribution in [0.5, 0.6) is 0 Å². The molecular weight excluding hydrogens is 236 g/mol. The molecule has 0 heterocycles. The van der Waals surface area contributed by atoms with Crippen LogP contribution < -0.4 is 5.32 Å². The molecule has 0 saturated carbocycles. The average Bonchev–Trinajstić information content (AvgIpc) is 2.33. The summed E-state index contributed by atoms with van der Waals surface area (Å²) in [4.78, 5) is 11.5. The van der Waals surface area contributed by atoms with E-state index >= 15 is 0 Å². The van der Waals surface area contributed by atoms with E-state index in [2.05, 4.69) is 11.9 Å². The van der Waals surface area contributed by atoms with Gasteiger partial charge in [-0.2, -0.15) is 5.26 Å². The third-order valence-corrected chi connectivity index (χ3v) is 2.43. The number of hydrogen-bond donors (Lipinski definition) is 1. The number of rotatable bonds is 5. The summed E-state index contributed by atoms with van der Waals surface area (Å²) in [5, 5.41) is 12.2. The molecule has 88 valence electrons. The molecule has 0 fully saturated rings. The number of benzene rings is 1. The van der Waals surface area contributed by atoms with E-state index in [9.17, 15) is 4.79 Å². The van der Waals surface area contributed by atoms with Crippen LogP contribution in [-0.2, 0) is 4.79 Å². The Morgan fingerprint density at radius 2 is 2.41 bits per heavy atom. The van der Waals surface area contributed by atoms with E-state index in [4.69, 9.17) is 16.9 Å². The van der Waals surface area contributed by atoms with Gasteiger partial charge in [-0.05, 0) is 24.1 Å². The Hall–Kier alpha value is -1.79. The van der Waals surface area contributed by atoms with Gasteiger partial charge in [0, 0.05) is 11.4 Å². The van der Waals surface area contributed by atoms with Gasteiger partial charge in [-0.15, -0.1) is 6.58 Å². The summed E-state index contributed by atoms with van der Waals surface area (Å²) in [6.45, 7) is 3.54. The maximum Gasteiger partial charge on any atom is 0.221 e. The second-order valence-electron chi connectivity index (χ2n) is 3.51. The fourth-order valence-electron chi connectivity index (χ4n) is 1.34. The molecule has 0 spiro atoms. The van der Waals surface area contributed by atoms with Gasteiger partial charge in [-0.1, -0.05) is 29.8 Å². The molecule has 4 heteroatoms. The number of nitrogens with one attached hydrogen (secondary N) is 1. The SMILES string of the molecule is C=CCCC(=O)N[C@H](C#N)c1cccc(Cl)c1. The standard InChI is InChI=1S/C13H13ClN2O/c1-2-3-7-13(17)16-12(9-15)10-5-4-6-11(14)8-10/h2,4-6,8,12H,1,3,7H2,(H,16,17)/t12-/m1/s1. The molecule has 17 heavy (non-hydrogen) atoms. The second kappa shape index (κ2) is 6.72. The lowest BCUT2D eigenvalue weighted by Gasteiger charge is -2.11. The number of hydrogen-bond acceptors (Lipinski definition) is 2. The van der Waals surface area contributed by atoms with Crippen molar-refractivity contribution in [1.82, 2.24) is 5.32 Å². The number of nitrogens with zero attached hydrogens (tertiary/aromatic N) is 1. The minimum Gasteiger partial charge on any atom is -0.337 e. The number of amides is 1. The van der Waals surface area contributed by atoms with Gasteiger partial charge in [-0.25, -0.2) is 0 Å². The van der Waals surface area contributed by atoms with E-state index in [0.717, 1.165) is 0 Å². The lowest BCUT2D eigenvalue weighted by molar-refractivity contribution is -0.121. The first-order valence-electron chi connectivity index (χ1n) is 5.22. The number of carbonyl (C=O) groups excluding carboxylic acids is 1. The van der Waals surface area contributed by atoms with Gasteiger partial charge in [0.05, 0.1) is 6.07 Å². The van der Waals surface area contributed by atoms with Gasteiger partial charge in [0.25, 0.3) is 0 Å². The molecule has 0 aliphatic heterocycles. The normalized spacial score (nSPS) is 11.3. The fraction of sp³-hybridized carbons (Fsp3) is 0.231. The zero-order valence-corrected chi connectivity index (χ0v) is 10.1. The molecule has 0 aliphatic carbocycles. The Bertz CT molecular complexity index is 451. The summed E-state index contributed by atoms with van der Waals surface area (Å²) in [5.41, 5.74) is 0.687. The zero-order valence-electron chi connectivity index (χ0n) is 9.32. The van der Waals surface area contributed by atoms with Gasteiger partial charge in [0.1, 0.15) is 6.04 Å². The van der Waals surface area contributed by atoms with E-state index in [1.165, 1.54) is 0 Å². The maximum absolute atomic E-state index is 11.5. The first-order valence-corrected chi connectivity index (χ1v) is 5.60. The average molecular weight is 249 g/mol. The van der Waals surface area contributed by atoms with Crippen LogP contribution in [0.15, 0.2) is 36.9 Å². The van der Waals surface area contributed by atoms with Crippen molar-refractivity contribution in [2.24, 2.45) is 0 Å². The molecule has 0 radical (unpaired) electrons. The van der Waals surface area contributed by atoms with Crippen LogP contribution in [-0.4, -0.2) is 5.91 Å². The van der Waals surface area contributed by atoms with Crippen molar-refractivity contribution in [3.05, 3.63) is 47.5 Å². The Labute approximate surface area is 106 Å². The van der Waals surface area contributed by atoms with E-state index in [0.29, 0.717) is 23.4 Å². The van der Waals surface area contributed by atoms with Gasteiger partial charge in [0.15, 0.2) is 0 Å². The third kappa shape index (κ3) is 4.29. The van der Waals surface area contributed by atoms with Crippen LogP contribution in [0.4, 0.5) is 0 Å². The van der Waals surface area contributed by atoms with Crippen molar-refractivity contribution < 1.29 is 4.79 Å². The van der Waals surface area contributed by atoms with Crippen LogP contribution in [0.1, 0.15) is 24.4 Å². The molecule has 0 bridgehead atoms. The molecule has 1 aromatic rings. The highest BCUT2D eigenvalue weighted by Gasteiger charge is 2.13. The number of carbonyl (C=O) groups is 1. The van der Waals surface area contributed by atoms with Crippen LogP contribution >= 0.6 is 11.6 Å². The predicted molar refractivity (Wildman–Crippen MR) is 67.4 cm³/mol. The molecule has 1 N–H and O–H groups in total. The van der Waals surface area contributed by atoms with Crippen LogP contribution in [0, 0.1) is 11.3 Å². The van der Waals surface area contributed by atoms with E-state index in [1.807, 2.05) is 6.07 Å². The van der Waals surface area contributed by atoms with Crippen molar-refractivity contribution in [2.45, 2.75) is 18.9 Å². The van der Waals surface area contributed by atoms with Crippen LogP contribution in [0.2, 0.25) is 5.02 Å². The van der Waals surface area contributed by atoms with Gasteiger partial charge < -0.3 is 5.32 Å². The third-order valence-electron chi connectivity index (χ3n) is 2.19. The summed E-state index contributed by atoms with van der Waals surface area (Å²) in [6, 6.07) is 8.27. The Kier molecular flexibility index (Phi) is 5.25. The number of nitriles is 1. The topological polar surface area (TPSA) is 52.9 Å². The monoisotopic (exact) mass is 248 g/mol. The van der Waals surface area contributed by atoms with Crippen molar-refractivity contribution in [2.75, 3.05) is 0 Å². The fourth-order valence-corrected chi connectivity index (χ4v) is 1.54. The maximum atomic E-state index is 11.5. The van der Waals surface area contributed by atoms with Crippen LogP contribution in [0.25, 0.3) is 0 Å². The largest absolute Gasteiger partial charge is 0.337 e. The van der Waals surface area contributed by atoms with Crippen molar-refractivity contribution in [3.63, 3.8) is 0 Å². The zero-order chi connectivity index (χ0) is 12.7. The molecule has 0 aromatic heterocycles. The predicted octanol–water partition coefficient (Wildman–Crippen LogP) is 2.99. The van der Waals surface area contributed by atoms with Gasteiger partial charge >= 0.3 is 0 Å². The van der Waals surface area contributed by atoms with Crippen molar-refractivity contribution in [3.8, 4) is 6.07 Å². The Balaban J connectivity index is 2.70. The number of halogens is 1. The lowest BCUT2D eigenvalue weighted by atomic mass is 10.1. The highest BCUT2D eigenvalue weighted by Crippen LogP contribution is 2.17. The summed E-state index contributed by atoms with van der Waals surface area (Å²) < 4.78 is 0.